The van der Waals surface area contributed by atoms with Gasteiger partial charge in [0.05, 0.1) is 12.6 Å². The van der Waals surface area contributed by atoms with E-state index in [1.165, 1.54) is 11.3 Å². The normalized spacial score (nSPS) is 18.8. The Hall–Kier alpha value is -0.0961. The molecule has 2 heterocycles. The number of ether oxygens (including phenoxy) is 1. The van der Waals surface area contributed by atoms with E-state index in [1.807, 2.05) is 12.1 Å². The number of rotatable bonds is 8. The molecule has 0 saturated carbocycles. The topological polar surface area (TPSA) is 46.6 Å². The maximum absolute atomic E-state index is 11.8. The van der Waals surface area contributed by atoms with Gasteiger partial charge in [-0.25, -0.2) is 0 Å². The average molecular weight is 370 g/mol. The van der Waals surface area contributed by atoms with E-state index >= 15 is 0 Å². The first kappa shape index (κ1) is 16.3. The van der Waals surface area contributed by atoms with Gasteiger partial charge in [-0.2, -0.15) is 12.1 Å². The molecule has 1 aliphatic heterocycles. The molecule has 1 atom stereocenters. The Balaban J connectivity index is 0.00000220. The van der Waals surface area contributed by atoms with Crippen molar-refractivity contribution >= 4 is 23.5 Å². The SMILES string of the molecule is [2H]C(=O)CCCN1C(=O)CCC1COCc1cc[c-]s1.[Y]. The van der Waals surface area contributed by atoms with Gasteiger partial charge in [0.15, 0.2) is 0 Å². The van der Waals surface area contributed by atoms with Gasteiger partial charge in [0.25, 0.3) is 0 Å². The molecule has 4 nitrogen and oxygen atoms in total. The van der Waals surface area contributed by atoms with Crippen molar-refractivity contribution in [2.24, 2.45) is 0 Å². The summed E-state index contributed by atoms with van der Waals surface area (Å²) in [6, 6.07) is 3.95. The summed E-state index contributed by atoms with van der Waals surface area (Å²) >= 11 is 1.53. The molecule has 1 unspecified atom stereocenters. The number of carbonyl (C=O) groups is 2. The molecular weight excluding hydrogens is 351 g/mol. The molecule has 0 aliphatic carbocycles. The van der Waals surface area contributed by atoms with Gasteiger partial charge in [-0.05, 0) is 12.8 Å². The first-order chi connectivity index (χ1) is 9.66. The fraction of sp³-hybridized carbons (Fsp3) is 0.571. The van der Waals surface area contributed by atoms with E-state index in [-0.39, 0.29) is 51.1 Å². The van der Waals surface area contributed by atoms with Crippen molar-refractivity contribution in [2.75, 3.05) is 13.2 Å². The van der Waals surface area contributed by atoms with Crippen LogP contribution in [0.3, 0.4) is 0 Å². The van der Waals surface area contributed by atoms with Crippen molar-refractivity contribution in [1.29, 1.82) is 0 Å². The van der Waals surface area contributed by atoms with Crippen molar-refractivity contribution in [2.45, 2.75) is 38.3 Å². The Morgan fingerprint density at radius 2 is 2.50 bits per heavy atom. The van der Waals surface area contributed by atoms with Crippen LogP contribution in [0.2, 0.25) is 0 Å². The zero-order chi connectivity index (χ0) is 14.4. The molecule has 1 aromatic heterocycles. The second-order valence-electron chi connectivity index (χ2n) is 4.56. The maximum Gasteiger partial charge on any atom is 0.222 e. The molecule has 1 radical (unpaired) electrons. The molecule has 20 heavy (non-hydrogen) atoms. The van der Waals surface area contributed by atoms with Crippen LogP contribution in [-0.2, 0) is 53.6 Å². The maximum atomic E-state index is 11.8. The summed E-state index contributed by atoms with van der Waals surface area (Å²) in [5, 5.41) is 3.01. The molecule has 107 valence electrons. The van der Waals surface area contributed by atoms with E-state index in [9.17, 15) is 9.59 Å². The summed E-state index contributed by atoms with van der Waals surface area (Å²) in [5.41, 5.74) is 0. The standard InChI is InChI=1S/C14H18NO3S.Y/c16-8-2-1-7-15-12(5-6-14(15)17)10-18-11-13-4-3-9-19-13;/h3-4,8,12H,1-2,5-7,10-11H2;/q-1;/i8D;. The average Bonchev–Trinajstić information content (AvgIpc) is 3.02. The van der Waals surface area contributed by atoms with E-state index in [1.54, 1.807) is 4.90 Å². The van der Waals surface area contributed by atoms with Gasteiger partial charge in [0.1, 0.15) is 7.63 Å². The van der Waals surface area contributed by atoms with Crippen LogP contribution in [0.4, 0.5) is 0 Å². The molecule has 0 bridgehead atoms. The largest absolute Gasteiger partial charge is 0.387 e. The minimum atomic E-state index is -0.571. The van der Waals surface area contributed by atoms with E-state index in [4.69, 9.17) is 6.11 Å². The molecular formula is C14H18NO3SY-. The van der Waals surface area contributed by atoms with Gasteiger partial charge < -0.3 is 14.4 Å². The van der Waals surface area contributed by atoms with Gasteiger partial charge in [-0.3, -0.25) is 16.1 Å². The number of nitrogens with zero attached hydrogens (tertiary/aromatic N) is 1. The van der Waals surface area contributed by atoms with Crippen molar-refractivity contribution in [1.82, 2.24) is 4.90 Å². The van der Waals surface area contributed by atoms with Crippen LogP contribution in [0, 0.1) is 5.38 Å². The molecule has 6 heteroatoms. The first-order valence-electron chi connectivity index (χ1n) is 6.98. The number of aldehydes is 1. The van der Waals surface area contributed by atoms with E-state index < -0.39 is 6.26 Å². The quantitative estimate of drug-likeness (QED) is 0.520. The first-order valence-corrected chi connectivity index (χ1v) is 7.30. The predicted molar refractivity (Wildman–Crippen MR) is 72.8 cm³/mol. The van der Waals surface area contributed by atoms with E-state index in [2.05, 4.69) is 5.38 Å². The number of carbonyl (C=O) groups excluding carboxylic acids is 2. The van der Waals surface area contributed by atoms with Gasteiger partial charge in [0, 0.05) is 58.7 Å². The molecule has 0 N–H and O–H groups in total. The van der Waals surface area contributed by atoms with Crippen molar-refractivity contribution < 1.29 is 48.4 Å². The van der Waals surface area contributed by atoms with Crippen LogP contribution in [-0.4, -0.2) is 36.3 Å². The van der Waals surface area contributed by atoms with Crippen LogP contribution in [0.5, 0.6) is 0 Å². The summed E-state index contributed by atoms with van der Waals surface area (Å²) < 4.78 is 12.5. The van der Waals surface area contributed by atoms with E-state index in [0.29, 0.717) is 32.6 Å². The zero-order valence-corrected chi connectivity index (χ0v) is 15.0. The monoisotopic (exact) mass is 370 g/mol. The summed E-state index contributed by atoms with van der Waals surface area (Å²) in [6.45, 7) is 1.63. The second kappa shape index (κ2) is 9.77. The predicted octanol–water partition coefficient (Wildman–Crippen LogP) is 2.03. The third kappa shape index (κ3) is 5.36. The molecule has 0 spiro atoms. The number of hydrogen-bond acceptors (Lipinski definition) is 4. The van der Waals surface area contributed by atoms with Gasteiger partial charge in [-0.1, -0.05) is 0 Å². The van der Waals surface area contributed by atoms with Crippen LogP contribution >= 0.6 is 11.3 Å². The second-order valence-corrected chi connectivity index (χ2v) is 5.53. The Bertz CT molecular complexity index is 455. The number of hydrogen-bond donors (Lipinski definition) is 0. The number of thiophene rings is 1. The van der Waals surface area contributed by atoms with Gasteiger partial charge >= 0.3 is 0 Å². The Kier molecular flexibility index (Phi) is 7.95. The van der Waals surface area contributed by atoms with Crippen LogP contribution in [0.1, 0.15) is 31.9 Å². The zero-order valence-electron chi connectivity index (χ0n) is 12.3. The molecule has 0 aromatic carbocycles. The van der Waals surface area contributed by atoms with Gasteiger partial charge in [0.2, 0.25) is 5.91 Å². The molecule has 1 fully saturated rings. The van der Waals surface area contributed by atoms with Crippen LogP contribution < -0.4 is 0 Å². The third-order valence-electron chi connectivity index (χ3n) is 3.21. The smallest absolute Gasteiger partial charge is 0.222 e. The summed E-state index contributed by atoms with van der Waals surface area (Å²) in [6.07, 6.45) is 1.56. The van der Waals surface area contributed by atoms with Crippen LogP contribution in [0.15, 0.2) is 12.1 Å². The van der Waals surface area contributed by atoms with Gasteiger partial charge in [-0.15, -0.1) is 10.3 Å². The molecule has 1 amide bonds. The Labute approximate surface area is 150 Å². The Morgan fingerprint density at radius 3 is 3.20 bits per heavy atom. The summed E-state index contributed by atoms with van der Waals surface area (Å²) in [5.74, 6) is 0.125. The number of likely N-dealkylation sites (tertiary alicyclic amines) is 1. The van der Waals surface area contributed by atoms with Crippen molar-refractivity contribution in [3.05, 3.63) is 22.4 Å². The fourth-order valence-corrected chi connectivity index (χ4v) is 2.80. The summed E-state index contributed by atoms with van der Waals surface area (Å²) in [4.78, 5) is 25.3. The number of amides is 1. The Morgan fingerprint density at radius 1 is 1.65 bits per heavy atom. The minimum Gasteiger partial charge on any atom is -0.387 e. The third-order valence-corrected chi connectivity index (χ3v) is 3.98. The molecule has 1 aliphatic rings. The fourth-order valence-electron chi connectivity index (χ4n) is 2.24. The molecule has 1 saturated heterocycles. The van der Waals surface area contributed by atoms with Crippen LogP contribution in [0.25, 0.3) is 0 Å². The molecule has 1 aromatic rings. The minimum absolute atomic E-state index is 0. The van der Waals surface area contributed by atoms with E-state index in [0.717, 1.165) is 11.3 Å². The molecule has 2 rings (SSSR count). The summed E-state index contributed by atoms with van der Waals surface area (Å²) in [7, 11) is 0. The van der Waals surface area contributed by atoms with Crippen molar-refractivity contribution in [3.8, 4) is 0 Å². The van der Waals surface area contributed by atoms with Crippen molar-refractivity contribution in [3.63, 3.8) is 0 Å².